The standard InChI is InChI=1S/C24H40O3/c1-5-19-21-16-13-17(18(14-16)22(21)20(6-2)26-19)15(4)23(25)27-24(7-3)11-9-8-10-12-24/h15-22H,5-14H2,1-4H3. The number of fused-ring (bicyclic) bond motifs is 5. The molecule has 0 radical (unpaired) electrons. The maximum absolute atomic E-state index is 13.1. The zero-order valence-electron chi connectivity index (χ0n) is 17.9. The van der Waals surface area contributed by atoms with E-state index in [1.165, 1.54) is 32.1 Å². The molecule has 4 aliphatic rings. The maximum atomic E-state index is 13.1. The van der Waals surface area contributed by atoms with E-state index in [2.05, 4.69) is 27.7 Å². The molecule has 3 saturated carbocycles. The largest absolute Gasteiger partial charge is 0.459 e. The molecule has 8 unspecified atom stereocenters. The fourth-order valence-corrected chi connectivity index (χ4v) is 7.50. The Labute approximate surface area is 165 Å². The molecule has 0 N–H and O–H groups in total. The molecule has 0 aromatic carbocycles. The highest BCUT2D eigenvalue weighted by atomic mass is 16.6. The van der Waals surface area contributed by atoms with Gasteiger partial charge in [-0.05, 0) is 87.4 Å². The summed E-state index contributed by atoms with van der Waals surface area (Å²) in [4.78, 5) is 13.1. The third-order valence-corrected chi connectivity index (χ3v) is 8.94. The molecular weight excluding hydrogens is 336 g/mol. The lowest BCUT2D eigenvalue weighted by molar-refractivity contribution is -0.171. The molecule has 154 valence electrons. The van der Waals surface area contributed by atoms with Crippen LogP contribution < -0.4 is 0 Å². The van der Waals surface area contributed by atoms with Gasteiger partial charge in [-0.1, -0.05) is 34.1 Å². The lowest BCUT2D eigenvalue weighted by atomic mass is 9.67. The van der Waals surface area contributed by atoms with Gasteiger partial charge in [-0.25, -0.2) is 0 Å². The van der Waals surface area contributed by atoms with Crippen molar-refractivity contribution in [3.05, 3.63) is 0 Å². The smallest absolute Gasteiger partial charge is 0.309 e. The van der Waals surface area contributed by atoms with Gasteiger partial charge < -0.3 is 9.47 Å². The van der Waals surface area contributed by atoms with Crippen molar-refractivity contribution < 1.29 is 14.3 Å². The van der Waals surface area contributed by atoms with Crippen LogP contribution in [0, 0.1) is 35.5 Å². The van der Waals surface area contributed by atoms with E-state index < -0.39 is 0 Å². The van der Waals surface area contributed by atoms with E-state index in [0.717, 1.165) is 43.9 Å². The molecule has 3 heteroatoms. The van der Waals surface area contributed by atoms with Gasteiger partial charge in [0, 0.05) is 0 Å². The molecule has 27 heavy (non-hydrogen) atoms. The van der Waals surface area contributed by atoms with Crippen molar-refractivity contribution in [2.75, 3.05) is 0 Å². The Hall–Kier alpha value is -0.570. The third kappa shape index (κ3) is 3.26. The highest BCUT2D eigenvalue weighted by Gasteiger charge is 2.61. The second-order valence-corrected chi connectivity index (χ2v) is 10.1. The van der Waals surface area contributed by atoms with Gasteiger partial charge in [-0.2, -0.15) is 0 Å². The first-order chi connectivity index (χ1) is 13.0. The van der Waals surface area contributed by atoms with Gasteiger partial charge in [0.15, 0.2) is 0 Å². The van der Waals surface area contributed by atoms with Gasteiger partial charge in [0.25, 0.3) is 0 Å². The van der Waals surface area contributed by atoms with Crippen LogP contribution in [0.25, 0.3) is 0 Å². The molecule has 2 bridgehead atoms. The molecule has 8 atom stereocenters. The number of hydrogen-bond acceptors (Lipinski definition) is 3. The zero-order valence-corrected chi connectivity index (χ0v) is 17.9. The molecule has 0 aromatic heterocycles. The van der Waals surface area contributed by atoms with Crippen molar-refractivity contribution in [2.45, 2.75) is 110 Å². The van der Waals surface area contributed by atoms with Crippen LogP contribution in [-0.4, -0.2) is 23.8 Å². The van der Waals surface area contributed by atoms with Crippen molar-refractivity contribution in [2.24, 2.45) is 35.5 Å². The molecule has 0 amide bonds. The van der Waals surface area contributed by atoms with Crippen LogP contribution in [-0.2, 0) is 14.3 Å². The van der Waals surface area contributed by atoms with E-state index in [4.69, 9.17) is 9.47 Å². The van der Waals surface area contributed by atoms with Crippen molar-refractivity contribution in [1.29, 1.82) is 0 Å². The summed E-state index contributed by atoms with van der Waals surface area (Å²) in [7, 11) is 0. The first kappa shape index (κ1) is 19.7. The summed E-state index contributed by atoms with van der Waals surface area (Å²) < 4.78 is 12.7. The van der Waals surface area contributed by atoms with Crippen molar-refractivity contribution in [3.8, 4) is 0 Å². The predicted molar refractivity (Wildman–Crippen MR) is 107 cm³/mol. The lowest BCUT2D eigenvalue weighted by Gasteiger charge is -2.39. The topological polar surface area (TPSA) is 35.5 Å². The van der Waals surface area contributed by atoms with E-state index in [9.17, 15) is 4.79 Å². The average molecular weight is 377 g/mol. The van der Waals surface area contributed by atoms with Gasteiger partial charge in [0.2, 0.25) is 0 Å². The number of esters is 1. The molecule has 1 heterocycles. The highest BCUT2D eigenvalue weighted by molar-refractivity contribution is 5.73. The van der Waals surface area contributed by atoms with Gasteiger partial charge in [0.1, 0.15) is 5.60 Å². The first-order valence-electron chi connectivity index (χ1n) is 11.9. The summed E-state index contributed by atoms with van der Waals surface area (Å²) in [6.45, 7) is 8.89. The van der Waals surface area contributed by atoms with Gasteiger partial charge in [-0.3, -0.25) is 4.79 Å². The molecule has 4 rings (SSSR count). The van der Waals surface area contributed by atoms with Crippen LogP contribution in [0.4, 0.5) is 0 Å². The third-order valence-electron chi connectivity index (χ3n) is 8.94. The normalized spacial score (nSPS) is 43.5. The molecule has 0 spiro atoms. The predicted octanol–water partition coefficient (Wildman–Crippen LogP) is 5.75. The minimum atomic E-state index is -0.167. The van der Waals surface area contributed by atoms with E-state index in [0.29, 0.717) is 30.0 Å². The maximum Gasteiger partial charge on any atom is 0.309 e. The minimum absolute atomic E-state index is 0.0458. The molecule has 1 saturated heterocycles. The summed E-state index contributed by atoms with van der Waals surface area (Å²) in [5.74, 6) is 3.54. The molecule has 0 aromatic rings. The second-order valence-electron chi connectivity index (χ2n) is 10.1. The Morgan fingerprint density at radius 2 is 1.70 bits per heavy atom. The molecule has 3 aliphatic carbocycles. The summed E-state index contributed by atoms with van der Waals surface area (Å²) >= 11 is 0. The Kier molecular flexibility index (Phi) is 5.62. The van der Waals surface area contributed by atoms with E-state index in [1.54, 1.807) is 0 Å². The molecular formula is C24H40O3. The summed E-state index contributed by atoms with van der Waals surface area (Å²) in [6, 6.07) is 0. The molecule has 3 nitrogen and oxygen atoms in total. The van der Waals surface area contributed by atoms with Gasteiger partial charge in [-0.15, -0.1) is 0 Å². The fourth-order valence-electron chi connectivity index (χ4n) is 7.50. The van der Waals surface area contributed by atoms with Crippen LogP contribution in [0.3, 0.4) is 0 Å². The fraction of sp³-hybridized carbons (Fsp3) is 0.958. The average Bonchev–Trinajstić information content (AvgIpc) is 3.38. The van der Waals surface area contributed by atoms with Crippen LogP contribution >= 0.6 is 0 Å². The lowest BCUT2D eigenvalue weighted by Crippen LogP contribution is -2.42. The van der Waals surface area contributed by atoms with Crippen LogP contribution in [0.2, 0.25) is 0 Å². The number of carbonyl (C=O) groups excluding carboxylic acids is 1. The van der Waals surface area contributed by atoms with Crippen LogP contribution in [0.1, 0.15) is 91.9 Å². The van der Waals surface area contributed by atoms with Crippen molar-refractivity contribution in [3.63, 3.8) is 0 Å². The van der Waals surface area contributed by atoms with Gasteiger partial charge >= 0.3 is 5.97 Å². The Bertz CT molecular complexity index is 538. The Morgan fingerprint density at radius 1 is 1.04 bits per heavy atom. The van der Waals surface area contributed by atoms with Crippen molar-refractivity contribution >= 4 is 5.97 Å². The summed E-state index contributed by atoms with van der Waals surface area (Å²) in [5.41, 5.74) is -0.167. The van der Waals surface area contributed by atoms with Crippen LogP contribution in [0.15, 0.2) is 0 Å². The van der Waals surface area contributed by atoms with Crippen LogP contribution in [0.5, 0.6) is 0 Å². The first-order valence-corrected chi connectivity index (χ1v) is 11.9. The van der Waals surface area contributed by atoms with E-state index in [1.807, 2.05) is 0 Å². The van der Waals surface area contributed by atoms with E-state index in [-0.39, 0.29) is 17.5 Å². The SMILES string of the molecule is CCC1OC(CC)C2C3CC(CC3C(C)C(=O)OC3(CC)CCCCC3)C12. The monoisotopic (exact) mass is 376 g/mol. The number of rotatable bonds is 6. The molecule has 1 aliphatic heterocycles. The quantitative estimate of drug-likeness (QED) is 0.553. The summed E-state index contributed by atoms with van der Waals surface area (Å²) in [5, 5.41) is 0. The minimum Gasteiger partial charge on any atom is -0.459 e. The number of hydrogen-bond donors (Lipinski definition) is 0. The van der Waals surface area contributed by atoms with Crippen molar-refractivity contribution in [1.82, 2.24) is 0 Å². The Balaban J connectivity index is 1.44. The summed E-state index contributed by atoms with van der Waals surface area (Å²) in [6.07, 6.45) is 12.5. The number of carbonyl (C=O) groups is 1. The van der Waals surface area contributed by atoms with Gasteiger partial charge in [0.05, 0.1) is 18.1 Å². The highest BCUT2D eigenvalue weighted by Crippen LogP contribution is 2.63. The second kappa shape index (κ2) is 7.69. The molecule has 4 fully saturated rings. The van der Waals surface area contributed by atoms with E-state index >= 15 is 0 Å². The zero-order chi connectivity index (χ0) is 19.2. The Morgan fingerprint density at radius 3 is 2.33 bits per heavy atom. The number of ether oxygens (including phenoxy) is 2.